The highest BCUT2D eigenvalue weighted by Crippen LogP contribution is 2.23. The minimum atomic E-state index is -1.13. The first-order chi connectivity index (χ1) is 19.2. The van der Waals surface area contributed by atoms with Crippen molar-refractivity contribution in [1.82, 2.24) is 21.3 Å². The summed E-state index contributed by atoms with van der Waals surface area (Å²) in [6.07, 6.45) is 0.0263. The van der Waals surface area contributed by atoms with Gasteiger partial charge in [0, 0.05) is 23.8 Å². The fourth-order valence-electron chi connectivity index (χ4n) is 4.43. The molecule has 0 aromatic heterocycles. The Kier molecular flexibility index (Phi) is 12.9. The molecule has 0 radical (unpaired) electrons. The fraction of sp³-hybridized carbons (Fsp3) is 0.621. The van der Waals surface area contributed by atoms with Gasteiger partial charge in [0.2, 0.25) is 17.7 Å². The molecule has 1 saturated heterocycles. The second-order valence-corrected chi connectivity index (χ2v) is 12.1. The number of rotatable bonds is 13. The third kappa shape index (κ3) is 11.3. The average molecular weight is 593 g/mol. The van der Waals surface area contributed by atoms with Gasteiger partial charge in [-0.25, -0.2) is 4.79 Å². The van der Waals surface area contributed by atoms with E-state index < -0.39 is 52.9 Å². The Morgan fingerprint density at radius 1 is 1.05 bits per heavy atom. The molecule has 4 N–H and O–H groups in total. The Morgan fingerprint density at radius 3 is 2.24 bits per heavy atom. The van der Waals surface area contributed by atoms with E-state index in [2.05, 4.69) is 33.9 Å². The van der Waals surface area contributed by atoms with Crippen LogP contribution in [-0.4, -0.2) is 65.9 Å². The zero-order valence-corrected chi connectivity index (χ0v) is 25.6. The SMILES string of the molecule is CCOC(=O)C[C@H](S)C(CC1CCNC1=O)NC(=O)[C@@H](NC(=O)[C@@H](NC(=O)OC(C)(C)C)C(C)C)c1ccccc1. The monoisotopic (exact) mass is 592 g/mol. The zero-order valence-electron chi connectivity index (χ0n) is 24.7. The first-order valence-electron chi connectivity index (χ1n) is 14.0. The van der Waals surface area contributed by atoms with Crippen molar-refractivity contribution in [1.29, 1.82) is 0 Å². The number of carbonyl (C=O) groups excluding carboxylic acids is 5. The minimum Gasteiger partial charge on any atom is -0.466 e. The Balaban J connectivity index is 2.29. The van der Waals surface area contributed by atoms with Gasteiger partial charge in [0.25, 0.3) is 0 Å². The molecule has 1 aromatic carbocycles. The quantitative estimate of drug-likeness (QED) is 0.174. The van der Waals surface area contributed by atoms with Crippen molar-refractivity contribution in [2.24, 2.45) is 11.8 Å². The first-order valence-corrected chi connectivity index (χ1v) is 14.5. The molecule has 0 bridgehead atoms. The van der Waals surface area contributed by atoms with Gasteiger partial charge < -0.3 is 30.7 Å². The molecule has 5 atom stereocenters. The summed E-state index contributed by atoms with van der Waals surface area (Å²) in [6, 6.07) is 5.88. The lowest BCUT2D eigenvalue weighted by Crippen LogP contribution is -2.54. The number of ether oxygens (including phenoxy) is 2. The molecular formula is C29H44N4O7S. The van der Waals surface area contributed by atoms with Gasteiger partial charge in [-0.3, -0.25) is 19.2 Å². The van der Waals surface area contributed by atoms with Crippen LogP contribution in [0.5, 0.6) is 0 Å². The van der Waals surface area contributed by atoms with Crippen LogP contribution in [0.1, 0.15) is 72.4 Å². The lowest BCUT2D eigenvalue weighted by molar-refractivity contribution is -0.143. The number of esters is 1. The second kappa shape index (κ2) is 15.6. The van der Waals surface area contributed by atoms with Crippen LogP contribution >= 0.6 is 12.6 Å². The van der Waals surface area contributed by atoms with E-state index >= 15 is 0 Å². The maximum absolute atomic E-state index is 13.8. The maximum Gasteiger partial charge on any atom is 0.408 e. The Hall–Kier alpha value is -3.28. The van der Waals surface area contributed by atoms with Crippen LogP contribution in [0.2, 0.25) is 0 Å². The Morgan fingerprint density at radius 2 is 1.71 bits per heavy atom. The number of hydrogen-bond acceptors (Lipinski definition) is 8. The van der Waals surface area contributed by atoms with E-state index in [0.717, 1.165) is 0 Å². The molecule has 0 spiro atoms. The molecule has 2 rings (SSSR count). The van der Waals surface area contributed by atoms with E-state index in [4.69, 9.17) is 9.47 Å². The van der Waals surface area contributed by atoms with Crippen molar-refractivity contribution in [3.05, 3.63) is 35.9 Å². The van der Waals surface area contributed by atoms with Crippen LogP contribution in [-0.2, 0) is 28.7 Å². The van der Waals surface area contributed by atoms with Crippen molar-refractivity contribution >= 4 is 42.4 Å². The van der Waals surface area contributed by atoms with E-state index in [1.807, 2.05) is 0 Å². The van der Waals surface area contributed by atoms with Crippen molar-refractivity contribution in [3.8, 4) is 0 Å². The summed E-state index contributed by atoms with van der Waals surface area (Å²) in [7, 11) is 0. The van der Waals surface area contributed by atoms with Gasteiger partial charge in [-0.15, -0.1) is 0 Å². The summed E-state index contributed by atoms with van der Waals surface area (Å²) >= 11 is 4.59. The largest absolute Gasteiger partial charge is 0.466 e. The van der Waals surface area contributed by atoms with Crippen molar-refractivity contribution in [3.63, 3.8) is 0 Å². The van der Waals surface area contributed by atoms with Gasteiger partial charge in [0.1, 0.15) is 17.7 Å². The molecule has 12 heteroatoms. The first kappa shape index (κ1) is 33.9. The third-order valence-electron chi connectivity index (χ3n) is 6.48. The molecule has 1 fully saturated rings. The van der Waals surface area contributed by atoms with E-state index in [9.17, 15) is 24.0 Å². The predicted octanol–water partition coefficient (Wildman–Crippen LogP) is 2.66. The molecule has 1 aromatic rings. The molecule has 41 heavy (non-hydrogen) atoms. The van der Waals surface area contributed by atoms with Gasteiger partial charge in [-0.05, 0) is 52.0 Å². The lowest BCUT2D eigenvalue weighted by Gasteiger charge is -2.30. The van der Waals surface area contributed by atoms with Crippen molar-refractivity contribution in [2.45, 2.75) is 89.8 Å². The van der Waals surface area contributed by atoms with Crippen LogP contribution in [0.3, 0.4) is 0 Å². The Labute approximate surface area is 247 Å². The van der Waals surface area contributed by atoms with Gasteiger partial charge in [-0.2, -0.15) is 12.6 Å². The zero-order chi connectivity index (χ0) is 30.7. The predicted molar refractivity (Wildman–Crippen MR) is 157 cm³/mol. The number of carbonyl (C=O) groups is 5. The Bertz CT molecular complexity index is 1060. The highest BCUT2D eigenvalue weighted by atomic mass is 32.1. The molecule has 1 heterocycles. The lowest BCUT2D eigenvalue weighted by atomic mass is 9.94. The molecule has 2 unspecified atom stereocenters. The molecule has 228 valence electrons. The van der Waals surface area contributed by atoms with E-state index in [1.165, 1.54) is 0 Å². The molecule has 1 aliphatic rings. The third-order valence-corrected chi connectivity index (χ3v) is 7.02. The van der Waals surface area contributed by atoms with Crippen LogP contribution in [0.4, 0.5) is 4.79 Å². The normalized spacial score (nSPS) is 18.0. The summed E-state index contributed by atoms with van der Waals surface area (Å²) in [5.41, 5.74) is -0.246. The maximum atomic E-state index is 13.8. The molecule has 4 amide bonds. The van der Waals surface area contributed by atoms with Gasteiger partial charge >= 0.3 is 12.1 Å². The molecule has 1 aliphatic heterocycles. The van der Waals surface area contributed by atoms with E-state index in [0.29, 0.717) is 18.5 Å². The van der Waals surface area contributed by atoms with E-state index in [1.54, 1.807) is 71.9 Å². The number of nitrogens with one attached hydrogen (secondary N) is 4. The summed E-state index contributed by atoms with van der Waals surface area (Å²) in [6.45, 7) is 11.1. The van der Waals surface area contributed by atoms with Crippen LogP contribution < -0.4 is 21.3 Å². The van der Waals surface area contributed by atoms with Crippen molar-refractivity contribution < 1.29 is 33.4 Å². The number of benzene rings is 1. The van der Waals surface area contributed by atoms with Crippen molar-refractivity contribution in [2.75, 3.05) is 13.2 Å². The van der Waals surface area contributed by atoms with Crippen LogP contribution in [0.15, 0.2) is 30.3 Å². The van der Waals surface area contributed by atoms with Gasteiger partial charge in [0.05, 0.1) is 13.0 Å². The van der Waals surface area contributed by atoms with Gasteiger partial charge in [-0.1, -0.05) is 44.2 Å². The molecule has 11 nitrogen and oxygen atoms in total. The molecular weight excluding hydrogens is 548 g/mol. The fourth-order valence-corrected chi connectivity index (χ4v) is 4.78. The van der Waals surface area contributed by atoms with Gasteiger partial charge in [0.15, 0.2) is 0 Å². The van der Waals surface area contributed by atoms with Crippen LogP contribution in [0, 0.1) is 11.8 Å². The summed E-state index contributed by atoms with van der Waals surface area (Å²) < 4.78 is 10.4. The minimum absolute atomic E-state index is 0.0756. The highest BCUT2D eigenvalue weighted by molar-refractivity contribution is 7.81. The van der Waals surface area contributed by atoms with Crippen LogP contribution in [0.25, 0.3) is 0 Å². The second-order valence-electron chi connectivity index (χ2n) is 11.4. The number of alkyl carbamates (subject to hydrolysis) is 1. The number of hydrogen-bond donors (Lipinski definition) is 5. The number of amides is 4. The standard InChI is InChI=1S/C29H44N4O7S/c1-7-39-22(34)16-21(41)20(15-19-13-14-30-25(19)35)31-27(37)24(18-11-9-8-10-12-18)32-26(36)23(17(2)3)33-28(38)40-29(4,5)6/h8-12,17,19-21,23-24,41H,7,13-16H2,1-6H3,(H,30,35)(H,31,37)(H,32,36)(H,33,38)/t19?,20?,21-,23-,24-/m0/s1. The average Bonchev–Trinajstić information content (AvgIpc) is 3.28. The highest BCUT2D eigenvalue weighted by Gasteiger charge is 2.35. The van der Waals surface area contributed by atoms with E-state index in [-0.39, 0.29) is 37.2 Å². The summed E-state index contributed by atoms with van der Waals surface area (Å²) in [5, 5.41) is 10.4. The number of thiol groups is 1. The molecule has 0 aliphatic carbocycles. The topological polar surface area (TPSA) is 152 Å². The smallest absolute Gasteiger partial charge is 0.408 e. The summed E-state index contributed by atoms with van der Waals surface area (Å²) in [5.74, 6) is -2.39. The summed E-state index contributed by atoms with van der Waals surface area (Å²) in [4.78, 5) is 64.2. The molecule has 0 saturated carbocycles.